The molecule has 0 aliphatic heterocycles. The molecule has 23 heavy (non-hydrogen) atoms. The first-order chi connectivity index (χ1) is 10.5. The van der Waals surface area contributed by atoms with Gasteiger partial charge in [0.15, 0.2) is 0 Å². The Morgan fingerprint density at radius 2 is 1.96 bits per heavy atom. The molecule has 0 aromatic heterocycles. The molecule has 1 aromatic rings. The summed E-state index contributed by atoms with van der Waals surface area (Å²) in [6.07, 6.45) is -3.16. The SMILES string of the molecule is CC(C)(C)OC(=O)NCCC(O)C(O)c1cc(F)c(Cl)c(Cl)c1. The molecule has 0 fully saturated rings. The smallest absolute Gasteiger partial charge is 0.407 e. The fourth-order valence-electron chi connectivity index (χ4n) is 1.76. The molecule has 0 saturated heterocycles. The topological polar surface area (TPSA) is 78.8 Å². The third kappa shape index (κ3) is 6.51. The molecule has 5 nitrogen and oxygen atoms in total. The van der Waals surface area contributed by atoms with Crippen molar-refractivity contribution in [3.63, 3.8) is 0 Å². The Morgan fingerprint density at radius 3 is 2.48 bits per heavy atom. The molecule has 0 radical (unpaired) electrons. The average molecular weight is 368 g/mol. The zero-order valence-corrected chi connectivity index (χ0v) is 14.6. The van der Waals surface area contributed by atoms with Gasteiger partial charge in [0.05, 0.1) is 16.1 Å². The van der Waals surface area contributed by atoms with Gasteiger partial charge in [-0.25, -0.2) is 9.18 Å². The fraction of sp³-hybridized carbons (Fsp3) is 0.533. The minimum Gasteiger partial charge on any atom is -0.444 e. The number of nitrogens with one attached hydrogen (secondary N) is 1. The Bertz CT molecular complexity index is 540. The van der Waals surface area contributed by atoms with Crippen LogP contribution in [0.25, 0.3) is 0 Å². The van der Waals surface area contributed by atoms with E-state index in [0.29, 0.717) is 0 Å². The summed E-state index contributed by atoms with van der Waals surface area (Å²) >= 11 is 11.3. The Morgan fingerprint density at radius 1 is 1.35 bits per heavy atom. The van der Waals surface area contributed by atoms with Gasteiger partial charge in [-0.15, -0.1) is 0 Å². The number of amides is 1. The Hall–Kier alpha value is -1.08. The van der Waals surface area contributed by atoms with E-state index in [1.807, 2.05) is 0 Å². The third-order valence-electron chi connectivity index (χ3n) is 2.82. The van der Waals surface area contributed by atoms with E-state index < -0.39 is 29.7 Å². The molecular formula is C15H20Cl2FNO4. The van der Waals surface area contributed by atoms with Crippen molar-refractivity contribution >= 4 is 29.3 Å². The summed E-state index contributed by atoms with van der Waals surface area (Å²) in [6, 6.07) is 2.28. The Labute approximate surface area is 144 Å². The highest BCUT2D eigenvalue weighted by Gasteiger charge is 2.22. The Balaban J connectivity index is 2.55. The highest BCUT2D eigenvalue weighted by Crippen LogP contribution is 2.30. The molecular weight excluding hydrogens is 348 g/mol. The lowest BCUT2D eigenvalue weighted by atomic mass is 10.0. The summed E-state index contributed by atoms with van der Waals surface area (Å²) < 4.78 is 18.5. The number of alkyl carbamates (subject to hydrolysis) is 1. The summed E-state index contributed by atoms with van der Waals surface area (Å²) in [5, 5.41) is 22.1. The van der Waals surface area contributed by atoms with E-state index in [2.05, 4.69) is 5.32 Å². The third-order valence-corrected chi connectivity index (χ3v) is 3.60. The van der Waals surface area contributed by atoms with Gasteiger partial charge in [-0.05, 0) is 44.9 Å². The summed E-state index contributed by atoms with van der Waals surface area (Å²) in [6.45, 7) is 5.26. The Kier molecular flexibility index (Phi) is 7.07. The normalized spacial score (nSPS) is 14.3. The predicted molar refractivity (Wildman–Crippen MR) is 86.2 cm³/mol. The number of aliphatic hydroxyl groups is 2. The molecule has 0 aliphatic rings. The number of carbonyl (C=O) groups is 1. The van der Waals surface area contributed by atoms with Crippen LogP contribution >= 0.6 is 23.2 Å². The van der Waals surface area contributed by atoms with Crippen molar-refractivity contribution in [3.05, 3.63) is 33.6 Å². The number of aliphatic hydroxyl groups excluding tert-OH is 2. The highest BCUT2D eigenvalue weighted by atomic mass is 35.5. The minimum atomic E-state index is -1.36. The van der Waals surface area contributed by atoms with E-state index in [1.54, 1.807) is 20.8 Å². The molecule has 0 spiro atoms. The summed E-state index contributed by atoms with van der Waals surface area (Å²) in [5.74, 6) is -0.785. The monoisotopic (exact) mass is 367 g/mol. The molecule has 130 valence electrons. The second-order valence-electron chi connectivity index (χ2n) is 6.03. The molecule has 3 N–H and O–H groups in total. The van der Waals surface area contributed by atoms with Gasteiger partial charge in [-0.2, -0.15) is 0 Å². The highest BCUT2D eigenvalue weighted by molar-refractivity contribution is 6.42. The molecule has 8 heteroatoms. The maximum absolute atomic E-state index is 13.5. The lowest BCUT2D eigenvalue weighted by Gasteiger charge is -2.21. The van der Waals surface area contributed by atoms with Gasteiger partial charge in [0.2, 0.25) is 0 Å². The summed E-state index contributed by atoms with van der Waals surface area (Å²) in [5.41, 5.74) is -0.526. The van der Waals surface area contributed by atoms with Gasteiger partial charge in [-0.1, -0.05) is 23.2 Å². The average Bonchev–Trinajstić information content (AvgIpc) is 2.41. The van der Waals surface area contributed by atoms with Crippen LogP contribution in [0.2, 0.25) is 10.0 Å². The first-order valence-corrected chi connectivity index (χ1v) is 7.74. The van der Waals surface area contributed by atoms with Crippen molar-refractivity contribution in [2.24, 2.45) is 0 Å². The number of halogens is 3. The van der Waals surface area contributed by atoms with Crippen molar-refractivity contribution < 1.29 is 24.1 Å². The van der Waals surface area contributed by atoms with Crippen LogP contribution in [0.4, 0.5) is 9.18 Å². The summed E-state index contributed by atoms with van der Waals surface area (Å²) in [4.78, 5) is 11.4. The maximum atomic E-state index is 13.5. The second kappa shape index (κ2) is 8.15. The van der Waals surface area contributed by atoms with Gasteiger partial charge in [-0.3, -0.25) is 0 Å². The maximum Gasteiger partial charge on any atom is 0.407 e. The second-order valence-corrected chi connectivity index (χ2v) is 6.81. The van der Waals surface area contributed by atoms with Crippen molar-refractivity contribution in [2.75, 3.05) is 6.54 Å². The molecule has 2 atom stereocenters. The van der Waals surface area contributed by atoms with E-state index in [4.69, 9.17) is 27.9 Å². The van der Waals surface area contributed by atoms with E-state index in [1.165, 1.54) is 6.07 Å². The summed E-state index contributed by atoms with van der Waals surface area (Å²) in [7, 11) is 0. The van der Waals surface area contributed by atoms with Crippen molar-refractivity contribution in [1.82, 2.24) is 5.32 Å². The van der Waals surface area contributed by atoms with Crippen LogP contribution in [0, 0.1) is 5.82 Å². The molecule has 1 amide bonds. The van der Waals surface area contributed by atoms with Crippen LogP contribution in [0.15, 0.2) is 12.1 Å². The number of benzene rings is 1. The molecule has 0 heterocycles. The van der Waals surface area contributed by atoms with Crippen molar-refractivity contribution in [2.45, 2.75) is 45.0 Å². The molecule has 0 aliphatic carbocycles. The van der Waals surface area contributed by atoms with E-state index in [0.717, 1.165) is 6.07 Å². The zero-order chi connectivity index (χ0) is 17.8. The van der Waals surface area contributed by atoms with Gasteiger partial charge >= 0.3 is 6.09 Å². The quantitative estimate of drug-likeness (QED) is 0.696. The van der Waals surface area contributed by atoms with Crippen molar-refractivity contribution in [3.8, 4) is 0 Å². The number of ether oxygens (including phenoxy) is 1. The van der Waals surface area contributed by atoms with Crippen LogP contribution in [0.5, 0.6) is 0 Å². The number of hydrogen-bond acceptors (Lipinski definition) is 4. The zero-order valence-electron chi connectivity index (χ0n) is 13.1. The largest absolute Gasteiger partial charge is 0.444 e. The predicted octanol–water partition coefficient (Wildman–Crippen LogP) is 3.44. The molecule has 1 rings (SSSR count). The van der Waals surface area contributed by atoms with Crippen LogP contribution < -0.4 is 5.32 Å². The molecule has 2 unspecified atom stereocenters. The minimum absolute atomic E-state index is 0.0439. The van der Waals surface area contributed by atoms with Crippen molar-refractivity contribution in [1.29, 1.82) is 0 Å². The number of hydrogen-bond donors (Lipinski definition) is 3. The van der Waals surface area contributed by atoms with E-state index in [9.17, 15) is 19.4 Å². The van der Waals surface area contributed by atoms with Crippen LogP contribution in [0.3, 0.4) is 0 Å². The van der Waals surface area contributed by atoms with Gasteiger partial charge in [0, 0.05) is 6.54 Å². The van der Waals surface area contributed by atoms with E-state index >= 15 is 0 Å². The van der Waals surface area contributed by atoms with Crippen LogP contribution in [-0.4, -0.2) is 34.6 Å². The van der Waals surface area contributed by atoms with E-state index in [-0.39, 0.29) is 28.6 Å². The van der Waals surface area contributed by atoms with Crippen LogP contribution in [-0.2, 0) is 4.74 Å². The van der Waals surface area contributed by atoms with Gasteiger partial charge < -0.3 is 20.3 Å². The lowest BCUT2D eigenvalue weighted by Crippen LogP contribution is -2.34. The number of rotatable bonds is 5. The van der Waals surface area contributed by atoms with Gasteiger partial charge in [0.1, 0.15) is 17.5 Å². The first-order valence-electron chi connectivity index (χ1n) is 6.98. The standard InChI is InChI=1S/C15H20Cl2FNO4/c1-15(2,3)23-14(22)19-5-4-11(20)13(21)8-6-9(16)12(17)10(18)7-8/h6-7,11,13,20-21H,4-5H2,1-3H3,(H,19,22). The first kappa shape index (κ1) is 20.0. The fourth-order valence-corrected chi connectivity index (χ4v) is 2.09. The number of carbonyl (C=O) groups excluding carboxylic acids is 1. The van der Waals surface area contributed by atoms with Crippen LogP contribution in [0.1, 0.15) is 38.9 Å². The lowest BCUT2D eigenvalue weighted by molar-refractivity contribution is 0.0122. The molecule has 0 bridgehead atoms. The van der Waals surface area contributed by atoms with Gasteiger partial charge in [0.25, 0.3) is 0 Å². The molecule has 0 saturated carbocycles. The molecule has 1 aromatic carbocycles.